The van der Waals surface area contributed by atoms with E-state index in [1.807, 2.05) is 36.4 Å². The van der Waals surface area contributed by atoms with Crippen molar-refractivity contribution < 1.29 is 23.4 Å². The second-order valence-corrected chi connectivity index (χ2v) is 13.8. The Balaban J connectivity index is 1.40. The van der Waals surface area contributed by atoms with E-state index >= 15 is 0 Å². The first-order chi connectivity index (χ1) is 23.9. The quantitative estimate of drug-likeness (QED) is 0.113. The van der Waals surface area contributed by atoms with Crippen LogP contribution in [0.15, 0.2) is 103 Å². The number of carbonyl (C=O) groups is 1. The summed E-state index contributed by atoms with van der Waals surface area (Å²) < 4.78 is 32.7. The van der Waals surface area contributed by atoms with Crippen LogP contribution in [0.4, 0.5) is 0 Å². The first kappa shape index (κ1) is 35.0. The summed E-state index contributed by atoms with van der Waals surface area (Å²) >= 11 is 4.54. The van der Waals surface area contributed by atoms with Gasteiger partial charge in [-0.1, -0.05) is 84.4 Å². The Morgan fingerprint density at radius 3 is 2.12 bits per heavy atom. The Kier molecular flexibility index (Phi) is 11.9. The maximum atomic E-state index is 12.7. The molecule has 6 rings (SSSR count). The number of hydrogen-bond acceptors (Lipinski definition) is 4. The normalized spacial score (nSPS) is 14.5. The lowest BCUT2D eigenvalue weighted by atomic mass is 9.97. The van der Waals surface area contributed by atoms with Crippen LogP contribution in [-0.4, -0.2) is 79.5 Å². The first-order valence-corrected chi connectivity index (χ1v) is 18.2. The highest BCUT2D eigenvalue weighted by Gasteiger charge is 2.26. The zero-order chi connectivity index (χ0) is 34.2. The van der Waals surface area contributed by atoms with Crippen molar-refractivity contribution in [2.45, 2.75) is 31.7 Å². The Morgan fingerprint density at radius 2 is 1.51 bits per heavy atom. The van der Waals surface area contributed by atoms with Crippen LogP contribution in [0.2, 0.25) is 5.02 Å². The number of halogens is 1. The van der Waals surface area contributed by atoms with Crippen molar-refractivity contribution in [3.63, 3.8) is 0 Å². The first-order valence-electron chi connectivity index (χ1n) is 16.8. The van der Waals surface area contributed by atoms with Crippen LogP contribution in [0, 0.1) is 0 Å². The van der Waals surface area contributed by atoms with Crippen LogP contribution in [0.5, 0.6) is 0 Å². The molecule has 49 heavy (non-hydrogen) atoms. The lowest BCUT2D eigenvalue weighted by molar-refractivity contribution is 0.0363. The molecule has 1 unspecified atom stereocenters. The molecule has 1 aliphatic rings. The minimum Gasteiger partial charge on any atom is -0.478 e. The third-order valence-corrected chi connectivity index (χ3v) is 10.4. The Labute approximate surface area is 295 Å². The van der Waals surface area contributed by atoms with Crippen molar-refractivity contribution in [2.24, 2.45) is 0 Å². The van der Waals surface area contributed by atoms with Gasteiger partial charge in [-0.2, -0.15) is 4.31 Å². The zero-order valence-electron chi connectivity index (χ0n) is 27.4. The van der Waals surface area contributed by atoms with Crippen molar-refractivity contribution >= 4 is 39.7 Å². The number of ether oxygens (including phenoxy) is 1. The molecule has 1 atom stereocenters. The van der Waals surface area contributed by atoms with Gasteiger partial charge in [0.2, 0.25) is 11.3 Å². The SMILES string of the molecule is O=C(O)c1ccc(CCCc2c(CCN(CCN3CCOCC3)S(=O)O)n(C(c3ccccc3)c3ccccc3)c3ccc(Cl)cc23)cc1. The largest absolute Gasteiger partial charge is 0.478 e. The van der Waals surface area contributed by atoms with Crippen molar-refractivity contribution in [3.8, 4) is 0 Å². The van der Waals surface area contributed by atoms with Gasteiger partial charge in [0.15, 0.2) is 0 Å². The van der Waals surface area contributed by atoms with E-state index in [9.17, 15) is 18.7 Å². The number of rotatable bonds is 15. The van der Waals surface area contributed by atoms with Gasteiger partial charge in [0.05, 0.1) is 24.8 Å². The number of benzene rings is 4. The molecular weight excluding hydrogens is 658 g/mol. The van der Waals surface area contributed by atoms with E-state index < -0.39 is 17.2 Å². The molecule has 5 aromatic rings. The van der Waals surface area contributed by atoms with Gasteiger partial charge < -0.3 is 14.4 Å². The van der Waals surface area contributed by atoms with E-state index in [2.05, 4.69) is 64.1 Å². The maximum absolute atomic E-state index is 12.7. The molecule has 0 amide bonds. The minimum absolute atomic E-state index is 0.139. The highest BCUT2D eigenvalue weighted by Crippen LogP contribution is 2.38. The molecule has 1 saturated heterocycles. The standard InChI is InChI=1S/C39H42ClN3O5S/c40-33-18-19-36-35(28-33)34(13-7-8-29-14-16-32(17-15-29)39(44)45)37(20-21-42(49(46)47)23-22-41-24-26-48-27-25-41)43(36)38(30-9-3-1-4-10-30)31-11-5-2-6-12-31/h1-6,9-12,14-19,28,38H,7-8,13,20-27H2,(H,44,45)(H,46,47). The zero-order valence-corrected chi connectivity index (χ0v) is 29.0. The van der Waals surface area contributed by atoms with E-state index in [1.54, 1.807) is 16.4 Å². The molecule has 1 aromatic heterocycles. The summed E-state index contributed by atoms with van der Waals surface area (Å²) in [5, 5.41) is 11.1. The lowest BCUT2D eigenvalue weighted by Crippen LogP contribution is -2.42. The summed E-state index contributed by atoms with van der Waals surface area (Å²) in [4.78, 5) is 13.7. The highest BCUT2D eigenvalue weighted by atomic mass is 35.5. The summed E-state index contributed by atoms with van der Waals surface area (Å²) in [6, 6.07) is 33.9. The fourth-order valence-electron chi connectivity index (χ4n) is 6.87. The molecule has 0 aliphatic carbocycles. The number of morpholine rings is 1. The van der Waals surface area contributed by atoms with E-state index in [1.165, 1.54) is 5.56 Å². The van der Waals surface area contributed by atoms with E-state index in [4.69, 9.17) is 16.3 Å². The minimum atomic E-state index is -2.13. The average Bonchev–Trinajstić information content (AvgIpc) is 3.41. The molecule has 4 aromatic carbocycles. The number of carboxylic acid groups (broad SMARTS) is 1. The molecule has 10 heteroatoms. The molecule has 256 valence electrons. The number of aromatic carboxylic acids is 1. The lowest BCUT2D eigenvalue weighted by Gasteiger charge is -2.29. The van der Waals surface area contributed by atoms with E-state index in [-0.39, 0.29) is 11.6 Å². The van der Waals surface area contributed by atoms with Crippen molar-refractivity contribution in [3.05, 3.63) is 142 Å². The molecule has 1 aliphatic heterocycles. The van der Waals surface area contributed by atoms with Crippen LogP contribution in [0.1, 0.15) is 50.8 Å². The van der Waals surface area contributed by atoms with Gasteiger partial charge in [-0.3, -0.25) is 9.45 Å². The number of carboxylic acids is 1. The number of aromatic nitrogens is 1. The van der Waals surface area contributed by atoms with Gasteiger partial charge in [0, 0.05) is 60.8 Å². The van der Waals surface area contributed by atoms with E-state index in [0.29, 0.717) is 44.3 Å². The van der Waals surface area contributed by atoms with E-state index in [0.717, 1.165) is 65.6 Å². The Morgan fingerprint density at radius 1 is 0.857 bits per heavy atom. The van der Waals surface area contributed by atoms with Crippen molar-refractivity contribution in [1.82, 2.24) is 13.8 Å². The molecule has 0 bridgehead atoms. The summed E-state index contributed by atoms with van der Waals surface area (Å²) in [7, 11) is 0. The summed E-state index contributed by atoms with van der Waals surface area (Å²) in [6.45, 7) is 4.56. The molecule has 0 spiro atoms. The molecule has 1 fully saturated rings. The monoisotopic (exact) mass is 699 g/mol. The van der Waals surface area contributed by atoms with Gasteiger partial charge in [-0.25, -0.2) is 9.00 Å². The van der Waals surface area contributed by atoms with Crippen LogP contribution in [0.25, 0.3) is 10.9 Å². The molecular formula is C39H42ClN3O5S. The van der Waals surface area contributed by atoms with Crippen LogP contribution in [0.3, 0.4) is 0 Å². The fraction of sp³-hybridized carbons (Fsp3) is 0.308. The van der Waals surface area contributed by atoms with Gasteiger partial charge in [-0.05, 0) is 71.8 Å². The number of fused-ring (bicyclic) bond motifs is 1. The Hall–Kier alpha value is -3.83. The summed E-state index contributed by atoms with van der Waals surface area (Å²) in [6.07, 6.45) is 2.92. The number of nitrogens with zero attached hydrogens (tertiary/aromatic N) is 3. The molecule has 0 radical (unpaired) electrons. The molecule has 2 heterocycles. The Bertz CT molecular complexity index is 1820. The second kappa shape index (κ2) is 16.7. The second-order valence-electron chi connectivity index (χ2n) is 12.4. The summed E-state index contributed by atoms with van der Waals surface area (Å²) in [5.41, 5.74) is 6.97. The highest BCUT2D eigenvalue weighted by molar-refractivity contribution is 7.76. The number of hydrogen-bond donors (Lipinski definition) is 2. The number of aryl methyl sites for hydroxylation is 2. The predicted octanol–water partition coefficient (Wildman–Crippen LogP) is 7.12. The maximum Gasteiger partial charge on any atom is 0.335 e. The topological polar surface area (TPSA) is 95.2 Å². The van der Waals surface area contributed by atoms with Gasteiger partial charge in [-0.15, -0.1) is 0 Å². The van der Waals surface area contributed by atoms with Gasteiger partial charge in [0.25, 0.3) is 0 Å². The van der Waals surface area contributed by atoms with Crippen LogP contribution in [-0.2, 0) is 35.3 Å². The van der Waals surface area contributed by atoms with Crippen molar-refractivity contribution in [2.75, 3.05) is 45.9 Å². The predicted molar refractivity (Wildman–Crippen MR) is 196 cm³/mol. The molecule has 8 nitrogen and oxygen atoms in total. The van der Waals surface area contributed by atoms with Crippen molar-refractivity contribution in [1.29, 1.82) is 0 Å². The van der Waals surface area contributed by atoms with Gasteiger partial charge in [0.1, 0.15) is 0 Å². The summed E-state index contributed by atoms with van der Waals surface area (Å²) in [5.74, 6) is -0.935. The van der Waals surface area contributed by atoms with Crippen LogP contribution < -0.4 is 0 Å². The van der Waals surface area contributed by atoms with Crippen LogP contribution >= 0.6 is 11.6 Å². The smallest absolute Gasteiger partial charge is 0.335 e. The molecule has 0 saturated carbocycles. The molecule has 2 N–H and O–H groups in total. The third-order valence-electron chi connectivity index (χ3n) is 9.35. The average molecular weight is 700 g/mol. The van der Waals surface area contributed by atoms with Gasteiger partial charge >= 0.3 is 5.97 Å². The third kappa shape index (κ3) is 8.67. The fourth-order valence-corrected chi connectivity index (χ4v) is 7.53.